The molecule has 1 rings (SSSR count). The van der Waals surface area contributed by atoms with Gasteiger partial charge in [-0.1, -0.05) is 25.7 Å². The van der Waals surface area contributed by atoms with Crippen LogP contribution in [0.5, 0.6) is 0 Å². The van der Waals surface area contributed by atoms with Gasteiger partial charge in [0.1, 0.15) is 6.61 Å². The number of rotatable bonds is 4. The molecule has 3 nitrogen and oxygen atoms in total. The first-order chi connectivity index (χ1) is 9.85. The summed E-state index contributed by atoms with van der Waals surface area (Å²) in [6.45, 7) is 10.8. The molecule has 1 amide bonds. The third kappa shape index (κ3) is 5.24. The summed E-state index contributed by atoms with van der Waals surface area (Å²) >= 11 is 0. The number of aliphatic hydroxyl groups is 1. The Morgan fingerprint density at radius 2 is 1.90 bits per heavy atom. The number of nitrogens with zero attached hydrogens (tertiary/aromatic N) is 1. The quantitative estimate of drug-likeness (QED) is 0.865. The van der Waals surface area contributed by atoms with Crippen LogP contribution in [0, 0.1) is 24.7 Å². The Morgan fingerprint density at radius 3 is 2.43 bits per heavy atom. The molecule has 0 saturated heterocycles. The molecule has 0 atom stereocenters. The molecule has 1 aromatic rings. The fourth-order valence-corrected chi connectivity index (χ4v) is 2.21. The van der Waals surface area contributed by atoms with Crippen LogP contribution in [0.3, 0.4) is 0 Å². The van der Waals surface area contributed by atoms with Crippen LogP contribution in [0.15, 0.2) is 18.2 Å². The van der Waals surface area contributed by atoms with E-state index in [-0.39, 0.29) is 18.6 Å². The zero-order chi connectivity index (χ0) is 16.0. The number of benzene rings is 1. The van der Waals surface area contributed by atoms with E-state index in [9.17, 15) is 4.79 Å². The van der Waals surface area contributed by atoms with Crippen LogP contribution in [-0.2, 0) is 0 Å². The number of carbonyl (C=O) groups is 1. The Bertz CT molecular complexity index is 550. The Balaban J connectivity index is 3.12. The van der Waals surface area contributed by atoms with Gasteiger partial charge in [0.2, 0.25) is 0 Å². The van der Waals surface area contributed by atoms with E-state index in [4.69, 9.17) is 5.11 Å². The molecule has 0 aromatic heterocycles. The highest BCUT2D eigenvalue weighted by Gasteiger charge is 2.20. The maximum Gasteiger partial charge on any atom is 0.254 e. The summed E-state index contributed by atoms with van der Waals surface area (Å²) in [6.07, 6.45) is 0. The van der Waals surface area contributed by atoms with Gasteiger partial charge in [0.05, 0.1) is 0 Å². The second-order valence-electron chi connectivity index (χ2n) is 5.99. The van der Waals surface area contributed by atoms with Gasteiger partial charge in [0.15, 0.2) is 0 Å². The third-order valence-corrected chi connectivity index (χ3v) is 3.08. The first-order valence-corrected chi connectivity index (χ1v) is 7.37. The van der Waals surface area contributed by atoms with E-state index >= 15 is 0 Å². The number of carbonyl (C=O) groups excluding carboxylic acids is 1. The Kier molecular flexibility index (Phi) is 6.45. The summed E-state index contributed by atoms with van der Waals surface area (Å²) in [6, 6.07) is 5.77. The second-order valence-corrected chi connectivity index (χ2v) is 5.99. The van der Waals surface area contributed by atoms with Crippen LogP contribution >= 0.6 is 0 Å². The van der Waals surface area contributed by atoms with Crippen LogP contribution in [-0.4, -0.2) is 35.1 Å². The fourth-order valence-electron chi connectivity index (χ4n) is 2.21. The van der Waals surface area contributed by atoms with E-state index in [1.54, 1.807) is 6.07 Å². The Morgan fingerprint density at radius 1 is 1.24 bits per heavy atom. The molecular weight excluding hydrogens is 262 g/mol. The SMILES string of the molecule is Cc1cc(C#CCO)cc(C(=O)N(CC(C)C)C(C)C)c1. The van der Waals surface area contributed by atoms with Crippen molar-refractivity contribution in [1.29, 1.82) is 0 Å². The molecule has 0 aliphatic heterocycles. The smallest absolute Gasteiger partial charge is 0.254 e. The van der Waals surface area contributed by atoms with Crippen molar-refractivity contribution in [3.63, 3.8) is 0 Å². The van der Waals surface area contributed by atoms with Crippen LogP contribution < -0.4 is 0 Å². The monoisotopic (exact) mass is 287 g/mol. The highest BCUT2D eigenvalue weighted by atomic mass is 16.2. The lowest BCUT2D eigenvalue weighted by atomic mass is 10.0. The standard InChI is InChI=1S/C18H25NO2/c1-13(2)12-19(14(3)4)18(21)17-10-15(5)9-16(11-17)7-6-8-20/h9-11,13-14,20H,8,12H2,1-5H3. The van der Waals surface area contributed by atoms with Crippen molar-refractivity contribution >= 4 is 5.91 Å². The molecule has 0 heterocycles. The molecule has 0 spiro atoms. The molecule has 114 valence electrons. The molecule has 0 unspecified atom stereocenters. The predicted octanol–water partition coefficient (Wildman–Crippen LogP) is 2.85. The number of aliphatic hydroxyl groups excluding tert-OH is 1. The maximum atomic E-state index is 12.7. The van der Waals surface area contributed by atoms with Crippen molar-refractivity contribution in [2.45, 2.75) is 40.7 Å². The van der Waals surface area contributed by atoms with Gasteiger partial charge in [-0.15, -0.1) is 0 Å². The van der Waals surface area contributed by atoms with E-state index < -0.39 is 0 Å². The van der Waals surface area contributed by atoms with Gasteiger partial charge in [-0.25, -0.2) is 0 Å². The molecule has 21 heavy (non-hydrogen) atoms. The van der Waals surface area contributed by atoms with E-state index in [2.05, 4.69) is 25.7 Å². The minimum atomic E-state index is -0.178. The summed E-state index contributed by atoms with van der Waals surface area (Å²) in [5, 5.41) is 8.79. The molecule has 0 saturated carbocycles. The van der Waals surface area contributed by atoms with Gasteiger partial charge >= 0.3 is 0 Å². The molecule has 1 N–H and O–H groups in total. The van der Waals surface area contributed by atoms with E-state index in [0.717, 1.165) is 17.7 Å². The van der Waals surface area contributed by atoms with Gasteiger partial charge in [-0.05, 0) is 50.5 Å². The van der Waals surface area contributed by atoms with E-state index in [1.165, 1.54) is 0 Å². The summed E-state index contributed by atoms with van der Waals surface area (Å²) in [4.78, 5) is 14.6. The van der Waals surface area contributed by atoms with Crippen molar-refractivity contribution < 1.29 is 9.90 Å². The zero-order valence-electron chi connectivity index (χ0n) is 13.6. The molecule has 1 aromatic carbocycles. The predicted molar refractivity (Wildman–Crippen MR) is 86.2 cm³/mol. The van der Waals surface area contributed by atoms with Gasteiger partial charge in [-0.2, -0.15) is 0 Å². The number of aryl methyl sites for hydroxylation is 1. The third-order valence-electron chi connectivity index (χ3n) is 3.08. The van der Waals surface area contributed by atoms with Gasteiger partial charge in [-0.3, -0.25) is 4.79 Å². The lowest BCUT2D eigenvalue weighted by molar-refractivity contribution is 0.0682. The molecular formula is C18H25NO2. The van der Waals surface area contributed by atoms with E-state index in [1.807, 2.05) is 37.8 Å². The summed E-state index contributed by atoms with van der Waals surface area (Å²) in [5.74, 6) is 5.95. The lowest BCUT2D eigenvalue weighted by Crippen LogP contribution is -2.39. The van der Waals surface area contributed by atoms with Crippen molar-refractivity contribution in [3.05, 3.63) is 34.9 Å². The van der Waals surface area contributed by atoms with Crippen molar-refractivity contribution in [2.24, 2.45) is 5.92 Å². The van der Waals surface area contributed by atoms with Gasteiger partial charge in [0.25, 0.3) is 5.91 Å². The Labute approximate surface area is 128 Å². The van der Waals surface area contributed by atoms with Crippen LogP contribution in [0.25, 0.3) is 0 Å². The first kappa shape index (κ1) is 17.3. The lowest BCUT2D eigenvalue weighted by Gasteiger charge is -2.28. The van der Waals surface area contributed by atoms with Crippen LogP contribution in [0.2, 0.25) is 0 Å². The largest absolute Gasteiger partial charge is 0.384 e. The summed E-state index contributed by atoms with van der Waals surface area (Å²) in [5.41, 5.74) is 2.42. The highest BCUT2D eigenvalue weighted by Crippen LogP contribution is 2.15. The highest BCUT2D eigenvalue weighted by molar-refractivity contribution is 5.95. The van der Waals surface area contributed by atoms with Crippen molar-refractivity contribution in [1.82, 2.24) is 4.90 Å². The Hall–Kier alpha value is -1.79. The zero-order valence-corrected chi connectivity index (χ0v) is 13.6. The molecule has 0 aliphatic rings. The van der Waals surface area contributed by atoms with Crippen LogP contribution in [0.1, 0.15) is 49.2 Å². The number of amides is 1. The maximum absolute atomic E-state index is 12.7. The fraction of sp³-hybridized carbons (Fsp3) is 0.500. The number of hydrogen-bond acceptors (Lipinski definition) is 2. The van der Waals surface area contributed by atoms with Crippen LogP contribution in [0.4, 0.5) is 0 Å². The second kappa shape index (κ2) is 7.85. The average molecular weight is 287 g/mol. The van der Waals surface area contributed by atoms with Crippen molar-refractivity contribution in [3.8, 4) is 11.8 Å². The minimum absolute atomic E-state index is 0.0365. The molecule has 0 radical (unpaired) electrons. The topological polar surface area (TPSA) is 40.5 Å². The summed E-state index contributed by atoms with van der Waals surface area (Å²) < 4.78 is 0. The van der Waals surface area contributed by atoms with E-state index in [0.29, 0.717) is 11.5 Å². The van der Waals surface area contributed by atoms with Gasteiger partial charge < -0.3 is 10.0 Å². The molecule has 0 bridgehead atoms. The van der Waals surface area contributed by atoms with Crippen molar-refractivity contribution in [2.75, 3.05) is 13.2 Å². The molecule has 0 fully saturated rings. The average Bonchev–Trinajstić information content (AvgIpc) is 2.40. The first-order valence-electron chi connectivity index (χ1n) is 7.37. The molecule has 0 aliphatic carbocycles. The normalized spacial score (nSPS) is 10.5. The summed E-state index contributed by atoms with van der Waals surface area (Å²) in [7, 11) is 0. The molecule has 3 heteroatoms. The number of hydrogen-bond donors (Lipinski definition) is 1. The van der Waals surface area contributed by atoms with Gasteiger partial charge in [0, 0.05) is 23.7 Å². The minimum Gasteiger partial charge on any atom is -0.384 e.